The van der Waals surface area contributed by atoms with E-state index in [1.165, 1.54) is 0 Å². The van der Waals surface area contributed by atoms with Crippen molar-refractivity contribution < 1.29 is 14.3 Å². The molecule has 16 heavy (non-hydrogen) atoms. The van der Waals surface area contributed by atoms with E-state index < -0.39 is 0 Å². The molecule has 0 heterocycles. The molecule has 0 aromatic heterocycles. The van der Waals surface area contributed by atoms with Crippen LogP contribution in [0.5, 0.6) is 5.75 Å². The fourth-order valence-electron chi connectivity index (χ4n) is 1.09. The standard InChI is InChI=1S/C11H15NO3.ClH/c1-2-14-11(13)7-8-15-10-6-4-3-5-9(10)12;/h3-6H,2,7-8,12H2,1H3;1H. The normalized spacial score (nSPS) is 9.06. The Labute approximate surface area is 101 Å². The number of rotatable bonds is 5. The molecule has 0 radical (unpaired) electrons. The number of ether oxygens (including phenoxy) is 2. The van der Waals surface area contributed by atoms with Crippen LogP contribution >= 0.6 is 12.4 Å². The lowest BCUT2D eigenvalue weighted by Crippen LogP contribution is -2.10. The molecule has 4 nitrogen and oxygen atoms in total. The molecule has 0 bridgehead atoms. The lowest BCUT2D eigenvalue weighted by Gasteiger charge is -2.07. The SMILES string of the molecule is CCOC(=O)CCOc1ccccc1N.Cl. The summed E-state index contributed by atoms with van der Waals surface area (Å²) in [7, 11) is 0. The van der Waals surface area contributed by atoms with Crippen LogP contribution in [0.15, 0.2) is 24.3 Å². The van der Waals surface area contributed by atoms with Crippen molar-refractivity contribution in [3.05, 3.63) is 24.3 Å². The van der Waals surface area contributed by atoms with E-state index in [1.54, 1.807) is 19.1 Å². The largest absolute Gasteiger partial charge is 0.491 e. The molecule has 0 aliphatic rings. The monoisotopic (exact) mass is 245 g/mol. The molecule has 1 aromatic rings. The average molecular weight is 246 g/mol. The van der Waals surface area contributed by atoms with Crippen LogP contribution in [0.2, 0.25) is 0 Å². The molecule has 0 amide bonds. The molecule has 0 saturated carbocycles. The number of halogens is 1. The number of hydrogen-bond acceptors (Lipinski definition) is 4. The van der Waals surface area contributed by atoms with Gasteiger partial charge in [-0.05, 0) is 19.1 Å². The quantitative estimate of drug-likeness (QED) is 0.637. The number of carbonyl (C=O) groups excluding carboxylic acids is 1. The second-order valence-electron chi connectivity index (χ2n) is 2.94. The van der Waals surface area contributed by atoms with Crippen LogP contribution in [0.1, 0.15) is 13.3 Å². The Balaban J connectivity index is 0.00000225. The third-order valence-corrected chi connectivity index (χ3v) is 1.79. The predicted octanol–water partition coefficient (Wildman–Crippen LogP) is 2.02. The first-order valence-corrected chi connectivity index (χ1v) is 4.87. The van der Waals surface area contributed by atoms with E-state index in [4.69, 9.17) is 15.2 Å². The number of hydrogen-bond donors (Lipinski definition) is 1. The predicted molar refractivity (Wildman–Crippen MR) is 64.8 cm³/mol. The van der Waals surface area contributed by atoms with E-state index in [0.717, 1.165) is 0 Å². The van der Waals surface area contributed by atoms with Gasteiger partial charge in [-0.3, -0.25) is 4.79 Å². The number of benzene rings is 1. The molecule has 1 aromatic carbocycles. The lowest BCUT2D eigenvalue weighted by molar-refractivity contribution is -0.143. The maximum atomic E-state index is 11.0. The molecule has 0 fully saturated rings. The first-order chi connectivity index (χ1) is 7.24. The smallest absolute Gasteiger partial charge is 0.309 e. The van der Waals surface area contributed by atoms with Crippen LogP contribution in [0, 0.1) is 0 Å². The number of nitrogen functional groups attached to an aromatic ring is 1. The van der Waals surface area contributed by atoms with Crippen LogP contribution in [-0.2, 0) is 9.53 Å². The van der Waals surface area contributed by atoms with Crippen molar-refractivity contribution in [2.75, 3.05) is 18.9 Å². The summed E-state index contributed by atoms with van der Waals surface area (Å²) < 4.78 is 10.1. The molecule has 0 spiro atoms. The van der Waals surface area contributed by atoms with E-state index in [9.17, 15) is 4.79 Å². The number of nitrogens with two attached hydrogens (primary N) is 1. The molecule has 0 unspecified atom stereocenters. The minimum Gasteiger partial charge on any atom is -0.491 e. The summed E-state index contributed by atoms with van der Waals surface area (Å²) >= 11 is 0. The van der Waals surface area contributed by atoms with E-state index in [2.05, 4.69) is 0 Å². The highest BCUT2D eigenvalue weighted by Gasteiger charge is 2.03. The summed E-state index contributed by atoms with van der Waals surface area (Å²) in [5.74, 6) is 0.341. The van der Waals surface area contributed by atoms with Crippen LogP contribution in [0.25, 0.3) is 0 Å². The number of carbonyl (C=O) groups is 1. The topological polar surface area (TPSA) is 61.5 Å². The van der Waals surface area contributed by atoms with Gasteiger partial charge in [-0.1, -0.05) is 12.1 Å². The van der Waals surface area contributed by atoms with Gasteiger partial charge in [0.15, 0.2) is 0 Å². The fourth-order valence-corrected chi connectivity index (χ4v) is 1.09. The summed E-state index contributed by atoms with van der Waals surface area (Å²) in [5, 5.41) is 0. The van der Waals surface area contributed by atoms with Crippen molar-refractivity contribution in [1.82, 2.24) is 0 Å². The molecular formula is C11H16ClNO3. The number of para-hydroxylation sites is 2. The first-order valence-electron chi connectivity index (χ1n) is 4.87. The van der Waals surface area contributed by atoms with Crippen molar-refractivity contribution >= 4 is 24.1 Å². The Morgan fingerprint density at radius 2 is 2.06 bits per heavy atom. The lowest BCUT2D eigenvalue weighted by atomic mass is 10.3. The van der Waals surface area contributed by atoms with Crippen molar-refractivity contribution in [2.24, 2.45) is 0 Å². The molecular weight excluding hydrogens is 230 g/mol. The Hall–Kier alpha value is -1.42. The Morgan fingerprint density at radius 1 is 1.38 bits per heavy atom. The highest BCUT2D eigenvalue weighted by atomic mass is 35.5. The Bertz CT molecular complexity index is 331. The summed E-state index contributed by atoms with van der Waals surface area (Å²) in [6.45, 7) is 2.45. The fraction of sp³-hybridized carbons (Fsp3) is 0.364. The molecule has 1 rings (SSSR count). The average Bonchev–Trinajstić information content (AvgIpc) is 2.21. The summed E-state index contributed by atoms with van der Waals surface area (Å²) in [6.07, 6.45) is 0.238. The van der Waals surface area contributed by atoms with E-state index in [1.807, 2.05) is 12.1 Å². The second kappa shape index (κ2) is 7.82. The molecule has 5 heteroatoms. The summed E-state index contributed by atoms with van der Waals surface area (Å²) in [5.41, 5.74) is 6.23. The van der Waals surface area contributed by atoms with Crippen molar-refractivity contribution in [3.63, 3.8) is 0 Å². The van der Waals surface area contributed by atoms with Gasteiger partial charge in [-0.2, -0.15) is 0 Å². The highest BCUT2D eigenvalue weighted by Crippen LogP contribution is 2.19. The van der Waals surface area contributed by atoms with E-state index in [0.29, 0.717) is 18.0 Å². The van der Waals surface area contributed by atoms with Gasteiger partial charge in [0.1, 0.15) is 5.75 Å². The van der Waals surface area contributed by atoms with Gasteiger partial charge in [0.05, 0.1) is 25.3 Å². The zero-order valence-corrected chi connectivity index (χ0v) is 9.96. The van der Waals surface area contributed by atoms with Gasteiger partial charge in [-0.15, -0.1) is 12.4 Å². The Morgan fingerprint density at radius 3 is 2.69 bits per heavy atom. The van der Waals surface area contributed by atoms with E-state index in [-0.39, 0.29) is 31.4 Å². The number of anilines is 1. The van der Waals surface area contributed by atoms with E-state index >= 15 is 0 Å². The van der Waals surface area contributed by atoms with Crippen LogP contribution < -0.4 is 10.5 Å². The molecule has 0 atom stereocenters. The second-order valence-corrected chi connectivity index (χ2v) is 2.94. The molecule has 0 aliphatic carbocycles. The zero-order chi connectivity index (χ0) is 11.1. The first kappa shape index (κ1) is 14.6. The van der Waals surface area contributed by atoms with Gasteiger partial charge < -0.3 is 15.2 Å². The Kier molecular flexibility index (Phi) is 7.12. The van der Waals surface area contributed by atoms with Crippen molar-refractivity contribution in [2.45, 2.75) is 13.3 Å². The highest BCUT2D eigenvalue weighted by molar-refractivity contribution is 5.85. The van der Waals surface area contributed by atoms with Gasteiger partial charge >= 0.3 is 5.97 Å². The molecule has 2 N–H and O–H groups in total. The molecule has 90 valence electrons. The minimum atomic E-state index is -0.257. The maximum Gasteiger partial charge on any atom is 0.309 e. The third kappa shape index (κ3) is 4.89. The van der Waals surface area contributed by atoms with Gasteiger partial charge in [0.25, 0.3) is 0 Å². The minimum absolute atomic E-state index is 0. The molecule has 0 aliphatic heterocycles. The van der Waals surface area contributed by atoms with Crippen molar-refractivity contribution in [1.29, 1.82) is 0 Å². The van der Waals surface area contributed by atoms with Crippen molar-refractivity contribution in [3.8, 4) is 5.75 Å². The number of esters is 1. The van der Waals surface area contributed by atoms with Crippen LogP contribution in [0.3, 0.4) is 0 Å². The van der Waals surface area contributed by atoms with Gasteiger partial charge in [0, 0.05) is 0 Å². The zero-order valence-electron chi connectivity index (χ0n) is 9.14. The van der Waals surface area contributed by atoms with Gasteiger partial charge in [0.2, 0.25) is 0 Å². The summed E-state index contributed by atoms with van der Waals surface area (Å²) in [6, 6.07) is 7.17. The van der Waals surface area contributed by atoms with Crippen LogP contribution in [-0.4, -0.2) is 19.2 Å². The molecule has 0 saturated heterocycles. The maximum absolute atomic E-state index is 11.0. The summed E-state index contributed by atoms with van der Waals surface area (Å²) in [4.78, 5) is 11.0. The van der Waals surface area contributed by atoms with Crippen LogP contribution in [0.4, 0.5) is 5.69 Å². The van der Waals surface area contributed by atoms with Gasteiger partial charge in [-0.25, -0.2) is 0 Å². The third-order valence-electron chi connectivity index (χ3n) is 1.79.